The highest BCUT2D eigenvalue weighted by Gasteiger charge is 2.30. The number of carbonyl (C=O) groups is 1. The Labute approximate surface area is 137 Å². The minimum atomic E-state index is -4.39. The summed E-state index contributed by atoms with van der Waals surface area (Å²) in [4.78, 5) is 18.2. The summed E-state index contributed by atoms with van der Waals surface area (Å²) >= 11 is 0. The molecule has 2 aromatic rings. The van der Waals surface area contributed by atoms with Gasteiger partial charge in [-0.25, -0.2) is 4.98 Å². The molecule has 2 heterocycles. The van der Waals surface area contributed by atoms with Crippen LogP contribution in [0.2, 0.25) is 0 Å². The molecule has 0 unspecified atom stereocenters. The van der Waals surface area contributed by atoms with Gasteiger partial charge in [0.2, 0.25) is 5.89 Å². The van der Waals surface area contributed by atoms with Crippen molar-refractivity contribution in [2.75, 3.05) is 13.1 Å². The van der Waals surface area contributed by atoms with Crippen molar-refractivity contribution in [3.63, 3.8) is 0 Å². The first-order valence-electron chi connectivity index (χ1n) is 7.77. The first-order chi connectivity index (χ1) is 11.3. The lowest BCUT2D eigenvalue weighted by Gasteiger charge is -2.29. The molecule has 4 nitrogen and oxygen atoms in total. The number of piperidine rings is 1. The van der Waals surface area contributed by atoms with E-state index in [4.69, 9.17) is 4.42 Å². The van der Waals surface area contributed by atoms with Crippen molar-refractivity contribution in [3.05, 3.63) is 41.8 Å². The van der Waals surface area contributed by atoms with E-state index in [1.54, 1.807) is 4.90 Å². The molecule has 7 heteroatoms. The summed E-state index contributed by atoms with van der Waals surface area (Å²) in [7, 11) is 0. The Morgan fingerprint density at radius 2 is 1.83 bits per heavy atom. The Morgan fingerprint density at radius 1 is 1.21 bits per heavy atom. The molecule has 0 aliphatic carbocycles. The van der Waals surface area contributed by atoms with Crippen LogP contribution in [0, 0.1) is 5.92 Å². The van der Waals surface area contributed by atoms with Gasteiger partial charge >= 0.3 is 6.18 Å². The fraction of sp³-hybridized carbons (Fsp3) is 0.412. The zero-order chi connectivity index (χ0) is 17.3. The fourth-order valence-electron chi connectivity index (χ4n) is 2.68. The summed E-state index contributed by atoms with van der Waals surface area (Å²) in [5, 5.41) is 0. The Morgan fingerprint density at radius 3 is 2.42 bits per heavy atom. The maximum atomic E-state index is 12.6. The van der Waals surface area contributed by atoms with E-state index in [0.29, 0.717) is 24.6 Å². The van der Waals surface area contributed by atoms with Crippen molar-refractivity contribution in [1.29, 1.82) is 0 Å². The molecule has 0 atom stereocenters. The topological polar surface area (TPSA) is 46.3 Å². The van der Waals surface area contributed by atoms with Crippen molar-refractivity contribution in [2.45, 2.75) is 25.9 Å². The Balaban J connectivity index is 1.74. The van der Waals surface area contributed by atoms with Gasteiger partial charge in [-0.3, -0.25) is 4.79 Å². The molecule has 1 saturated heterocycles. The number of hydrogen-bond acceptors (Lipinski definition) is 3. The number of carbonyl (C=O) groups excluding carboxylic acids is 1. The van der Waals surface area contributed by atoms with Crippen molar-refractivity contribution in [1.82, 2.24) is 9.88 Å². The molecule has 0 spiro atoms. The van der Waals surface area contributed by atoms with Crippen molar-refractivity contribution in [3.8, 4) is 11.5 Å². The van der Waals surface area contributed by atoms with E-state index in [2.05, 4.69) is 11.9 Å². The third kappa shape index (κ3) is 3.44. The van der Waals surface area contributed by atoms with Gasteiger partial charge in [-0.1, -0.05) is 6.92 Å². The lowest BCUT2D eigenvalue weighted by atomic mass is 9.99. The van der Waals surface area contributed by atoms with Gasteiger partial charge in [0, 0.05) is 18.7 Å². The maximum absolute atomic E-state index is 12.6. The molecular formula is C17H17F3N2O2. The second-order valence-corrected chi connectivity index (χ2v) is 6.09. The minimum Gasteiger partial charge on any atom is -0.444 e. The molecule has 3 rings (SSSR count). The molecule has 1 aliphatic heterocycles. The molecule has 0 radical (unpaired) electrons. The van der Waals surface area contributed by atoms with Crippen LogP contribution in [-0.4, -0.2) is 28.9 Å². The summed E-state index contributed by atoms with van der Waals surface area (Å²) < 4.78 is 43.0. The SMILES string of the molecule is CC1CCN(C(=O)c2coc(-c3ccc(C(F)(F)F)cc3)n2)CC1. The quantitative estimate of drug-likeness (QED) is 0.823. The number of benzene rings is 1. The third-order valence-corrected chi connectivity index (χ3v) is 4.25. The van der Waals surface area contributed by atoms with Gasteiger partial charge in [0.25, 0.3) is 5.91 Å². The van der Waals surface area contributed by atoms with E-state index in [1.165, 1.54) is 18.4 Å². The number of nitrogens with zero attached hydrogens (tertiary/aromatic N) is 2. The largest absolute Gasteiger partial charge is 0.444 e. The van der Waals surface area contributed by atoms with Crippen LogP contribution in [0.3, 0.4) is 0 Å². The monoisotopic (exact) mass is 338 g/mol. The molecule has 24 heavy (non-hydrogen) atoms. The Hall–Kier alpha value is -2.31. The van der Waals surface area contributed by atoms with Crippen LogP contribution in [-0.2, 0) is 6.18 Å². The smallest absolute Gasteiger partial charge is 0.416 e. The number of aromatic nitrogens is 1. The lowest BCUT2D eigenvalue weighted by molar-refractivity contribution is -0.137. The molecule has 1 aromatic heterocycles. The van der Waals surface area contributed by atoms with Crippen LogP contribution >= 0.6 is 0 Å². The fourth-order valence-corrected chi connectivity index (χ4v) is 2.68. The van der Waals surface area contributed by atoms with Crippen LogP contribution in [0.4, 0.5) is 13.2 Å². The van der Waals surface area contributed by atoms with Crippen LogP contribution in [0.25, 0.3) is 11.5 Å². The molecule has 1 aromatic carbocycles. The van der Waals surface area contributed by atoms with Gasteiger partial charge in [0.05, 0.1) is 5.56 Å². The first kappa shape index (κ1) is 16.5. The predicted octanol–water partition coefficient (Wildman–Crippen LogP) is 4.23. The summed E-state index contributed by atoms with van der Waals surface area (Å²) in [5.41, 5.74) is -0.162. The van der Waals surface area contributed by atoms with Gasteiger partial charge < -0.3 is 9.32 Å². The average Bonchev–Trinajstić information content (AvgIpc) is 3.04. The molecule has 1 amide bonds. The van der Waals surface area contributed by atoms with Crippen molar-refractivity contribution in [2.24, 2.45) is 5.92 Å². The van der Waals surface area contributed by atoms with Gasteiger partial charge in [-0.15, -0.1) is 0 Å². The summed E-state index contributed by atoms with van der Waals surface area (Å²) in [5.74, 6) is 0.537. The van der Waals surface area contributed by atoms with Crippen molar-refractivity contribution >= 4 is 5.91 Å². The Kier molecular flexibility index (Phi) is 4.34. The molecule has 0 saturated carbocycles. The van der Waals surface area contributed by atoms with Gasteiger partial charge in [-0.05, 0) is 43.0 Å². The van der Waals surface area contributed by atoms with E-state index < -0.39 is 11.7 Å². The highest BCUT2D eigenvalue weighted by molar-refractivity contribution is 5.92. The first-order valence-corrected chi connectivity index (χ1v) is 7.77. The normalized spacial score (nSPS) is 16.4. The molecule has 0 bridgehead atoms. The van der Waals surface area contributed by atoms with Gasteiger partial charge in [0.1, 0.15) is 6.26 Å². The molecule has 128 valence electrons. The van der Waals surface area contributed by atoms with Gasteiger partial charge in [-0.2, -0.15) is 13.2 Å². The zero-order valence-electron chi connectivity index (χ0n) is 13.1. The number of amides is 1. The Bertz CT molecular complexity index is 714. The number of rotatable bonds is 2. The van der Waals surface area contributed by atoms with E-state index in [-0.39, 0.29) is 17.5 Å². The van der Waals surface area contributed by atoms with E-state index in [9.17, 15) is 18.0 Å². The maximum Gasteiger partial charge on any atom is 0.416 e. The number of hydrogen-bond donors (Lipinski definition) is 0. The third-order valence-electron chi connectivity index (χ3n) is 4.25. The van der Waals surface area contributed by atoms with Gasteiger partial charge in [0.15, 0.2) is 5.69 Å². The standard InChI is InChI=1S/C17H17F3N2O2/c1-11-6-8-22(9-7-11)16(23)14-10-24-15(21-14)12-2-4-13(5-3-12)17(18,19)20/h2-5,10-11H,6-9H2,1H3. The summed E-state index contributed by atoms with van der Waals surface area (Å²) in [6.07, 6.45) is -1.22. The van der Waals surface area contributed by atoms with E-state index >= 15 is 0 Å². The predicted molar refractivity (Wildman–Crippen MR) is 81.2 cm³/mol. The molecule has 1 aliphatic rings. The van der Waals surface area contributed by atoms with Crippen LogP contribution in [0.1, 0.15) is 35.8 Å². The number of alkyl halides is 3. The van der Waals surface area contributed by atoms with Crippen LogP contribution in [0.5, 0.6) is 0 Å². The second kappa shape index (κ2) is 6.30. The summed E-state index contributed by atoms with van der Waals surface area (Å²) in [6.45, 7) is 3.52. The molecular weight excluding hydrogens is 321 g/mol. The lowest BCUT2D eigenvalue weighted by Crippen LogP contribution is -2.38. The zero-order valence-corrected chi connectivity index (χ0v) is 13.1. The van der Waals surface area contributed by atoms with Crippen molar-refractivity contribution < 1.29 is 22.4 Å². The van der Waals surface area contributed by atoms with E-state index in [1.807, 2.05) is 0 Å². The minimum absolute atomic E-state index is 0.137. The summed E-state index contributed by atoms with van der Waals surface area (Å²) in [6, 6.07) is 4.50. The number of halogens is 3. The molecule has 1 fully saturated rings. The highest BCUT2D eigenvalue weighted by Crippen LogP contribution is 2.31. The second-order valence-electron chi connectivity index (χ2n) is 6.09. The number of oxazole rings is 1. The van der Waals surface area contributed by atoms with E-state index in [0.717, 1.165) is 25.0 Å². The van der Waals surface area contributed by atoms with Crippen LogP contribution < -0.4 is 0 Å². The van der Waals surface area contributed by atoms with Crippen LogP contribution in [0.15, 0.2) is 34.9 Å². The number of likely N-dealkylation sites (tertiary alicyclic amines) is 1. The molecule has 0 N–H and O–H groups in total. The average molecular weight is 338 g/mol. The highest BCUT2D eigenvalue weighted by atomic mass is 19.4.